The summed E-state index contributed by atoms with van der Waals surface area (Å²) in [7, 11) is 0. The number of allylic oxidation sites excluding steroid dienone is 2. The minimum atomic E-state index is 0.418. The van der Waals surface area contributed by atoms with Gasteiger partial charge in [0.1, 0.15) is 0 Å². The highest BCUT2D eigenvalue weighted by Crippen LogP contribution is 2.02. The van der Waals surface area contributed by atoms with Crippen molar-refractivity contribution in [1.29, 1.82) is 0 Å². The molecule has 0 radical (unpaired) electrons. The third kappa shape index (κ3) is 6.89. The highest BCUT2D eigenvalue weighted by Gasteiger charge is 1.94. The van der Waals surface area contributed by atoms with Crippen molar-refractivity contribution in [3.05, 3.63) is 53.3 Å². The summed E-state index contributed by atoms with van der Waals surface area (Å²) in [6.07, 6.45) is 11.7. The minimum absolute atomic E-state index is 0.418. The molecule has 0 aliphatic carbocycles. The zero-order valence-corrected chi connectivity index (χ0v) is 11.2. The molecule has 1 aromatic carbocycles. The molecule has 1 aromatic rings. The summed E-state index contributed by atoms with van der Waals surface area (Å²) in [6, 6.07) is 9.79. The van der Waals surface area contributed by atoms with Gasteiger partial charge in [0.15, 0.2) is 12.8 Å². The lowest BCUT2D eigenvalue weighted by Crippen LogP contribution is -2.03. The van der Waals surface area contributed by atoms with Crippen LogP contribution in [0.25, 0.3) is 0 Å². The maximum Gasteiger partial charge on any atom is 0.178 e. The number of benzene rings is 1. The molecular weight excluding hydrogens is 222 g/mol. The summed E-state index contributed by atoms with van der Waals surface area (Å²) in [4.78, 5) is 0. The van der Waals surface area contributed by atoms with Gasteiger partial charge in [0.25, 0.3) is 0 Å². The molecule has 2 heteroatoms. The summed E-state index contributed by atoms with van der Waals surface area (Å²) in [5.41, 5.74) is 1.04. The first-order valence-electron chi connectivity index (χ1n) is 6.80. The van der Waals surface area contributed by atoms with Gasteiger partial charge in [-0.3, -0.25) is 0 Å². The van der Waals surface area contributed by atoms with Gasteiger partial charge in [-0.25, -0.2) is 4.74 Å². The highest BCUT2D eigenvalue weighted by atomic mass is 16.5. The van der Waals surface area contributed by atoms with Crippen LogP contribution in [0.15, 0.2) is 42.5 Å². The lowest BCUT2D eigenvalue weighted by atomic mass is 10.1. The van der Waals surface area contributed by atoms with Crippen LogP contribution in [0, 0.1) is 5.21 Å². The molecule has 1 rings (SSSR count). The van der Waals surface area contributed by atoms with E-state index in [0.29, 0.717) is 6.54 Å². The summed E-state index contributed by atoms with van der Waals surface area (Å²) in [6.45, 7) is 2.63. The first kappa shape index (κ1) is 14.5. The third-order valence-electron chi connectivity index (χ3n) is 2.79. The van der Waals surface area contributed by atoms with Crippen molar-refractivity contribution in [2.24, 2.45) is 0 Å². The molecule has 0 fully saturated rings. The monoisotopic (exact) mass is 245 g/mol. The second-order valence-corrected chi connectivity index (χ2v) is 4.49. The van der Waals surface area contributed by atoms with Crippen LogP contribution in [-0.2, 0) is 6.54 Å². The zero-order chi connectivity index (χ0) is 13.1. The topological polar surface area (TPSA) is 26.1 Å². The van der Waals surface area contributed by atoms with E-state index in [1.807, 2.05) is 36.4 Å². The van der Waals surface area contributed by atoms with Crippen molar-refractivity contribution in [1.82, 2.24) is 0 Å². The van der Waals surface area contributed by atoms with Crippen LogP contribution in [0.2, 0.25) is 0 Å². The lowest BCUT2D eigenvalue weighted by molar-refractivity contribution is -0.469. The largest absolute Gasteiger partial charge is 0.624 e. The molecule has 0 bridgehead atoms. The Hall–Kier alpha value is -1.57. The molecule has 0 unspecified atom stereocenters. The van der Waals surface area contributed by atoms with Gasteiger partial charge in [-0.05, 0) is 18.9 Å². The first-order chi connectivity index (χ1) is 8.83. The number of nitrogens with zero attached hydrogens (tertiary/aromatic N) is 1. The summed E-state index contributed by atoms with van der Waals surface area (Å²) in [5.74, 6) is 0. The average Bonchev–Trinajstić information content (AvgIpc) is 2.39. The molecule has 98 valence electrons. The Bertz CT molecular complexity index is 368. The second-order valence-electron chi connectivity index (χ2n) is 4.49. The molecule has 0 atom stereocenters. The zero-order valence-electron chi connectivity index (χ0n) is 11.2. The van der Waals surface area contributed by atoms with E-state index in [1.54, 1.807) is 6.21 Å². The molecule has 0 spiro atoms. The summed E-state index contributed by atoms with van der Waals surface area (Å²) < 4.78 is 0.970. The van der Waals surface area contributed by atoms with E-state index in [1.165, 1.54) is 25.7 Å². The molecule has 0 aromatic heterocycles. The number of hydrogen-bond acceptors (Lipinski definition) is 1. The van der Waals surface area contributed by atoms with Crippen LogP contribution >= 0.6 is 0 Å². The number of unbranched alkanes of at least 4 members (excludes halogenated alkanes) is 4. The molecule has 0 saturated carbocycles. The Morgan fingerprint density at radius 3 is 2.61 bits per heavy atom. The Balaban J connectivity index is 2.23. The van der Waals surface area contributed by atoms with Crippen LogP contribution in [-0.4, -0.2) is 11.0 Å². The van der Waals surface area contributed by atoms with E-state index in [-0.39, 0.29) is 0 Å². The van der Waals surface area contributed by atoms with E-state index in [4.69, 9.17) is 0 Å². The van der Waals surface area contributed by atoms with Crippen molar-refractivity contribution in [3.63, 3.8) is 0 Å². The summed E-state index contributed by atoms with van der Waals surface area (Å²) >= 11 is 0. The minimum Gasteiger partial charge on any atom is -0.624 e. The van der Waals surface area contributed by atoms with Crippen molar-refractivity contribution in [2.75, 3.05) is 0 Å². The van der Waals surface area contributed by atoms with Gasteiger partial charge in [0, 0.05) is 5.56 Å². The van der Waals surface area contributed by atoms with E-state index in [9.17, 15) is 5.21 Å². The van der Waals surface area contributed by atoms with Crippen molar-refractivity contribution < 1.29 is 4.74 Å². The SMILES string of the molecule is CCCCCC/C=C/C=[N+](\[O-])Cc1ccccc1. The van der Waals surface area contributed by atoms with Crippen LogP contribution in [0.1, 0.15) is 44.6 Å². The Kier molecular flexibility index (Phi) is 7.61. The molecule has 0 heterocycles. The van der Waals surface area contributed by atoms with Crippen molar-refractivity contribution in [3.8, 4) is 0 Å². The first-order valence-corrected chi connectivity index (χ1v) is 6.80. The van der Waals surface area contributed by atoms with Gasteiger partial charge in [-0.2, -0.15) is 0 Å². The molecule has 0 aliphatic rings. The van der Waals surface area contributed by atoms with Gasteiger partial charge in [0.05, 0.1) is 0 Å². The van der Waals surface area contributed by atoms with Gasteiger partial charge < -0.3 is 5.21 Å². The summed E-state index contributed by atoms with van der Waals surface area (Å²) in [5, 5.41) is 11.6. The predicted octanol–water partition coefficient (Wildman–Crippen LogP) is 4.29. The molecular formula is C16H23NO. The Labute approximate surface area is 110 Å². The van der Waals surface area contributed by atoms with Gasteiger partial charge in [0.2, 0.25) is 0 Å². The average molecular weight is 245 g/mol. The quantitative estimate of drug-likeness (QED) is 0.220. The second kappa shape index (κ2) is 9.46. The van der Waals surface area contributed by atoms with Gasteiger partial charge >= 0.3 is 0 Å². The van der Waals surface area contributed by atoms with E-state index in [0.717, 1.165) is 16.7 Å². The molecule has 2 nitrogen and oxygen atoms in total. The number of hydrogen-bond donors (Lipinski definition) is 0. The molecule has 0 saturated heterocycles. The van der Waals surface area contributed by atoms with Crippen LogP contribution in [0.3, 0.4) is 0 Å². The fraction of sp³-hybridized carbons (Fsp3) is 0.438. The van der Waals surface area contributed by atoms with Crippen LogP contribution < -0.4 is 0 Å². The molecule has 0 aliphatic heterocycles. The Morgan fingerprint density at radius 1 is 1.11 bits per heavy atom. The van der Waals surface area contributed by atoms with Crippen molar-refractivity contribution in [2.45, 2.75) is 45.6 Å². The lowest BCUT2D eigenvalue weighted by Gasteiger charge is -2.02. The maximum atomic E-state index is 11.6. The molecule has 0 N–H and O–H groups in total. The maximum absolute atomic E-state index is 11.6. The van der Waals surface area contributed by atoms with Gasteiger partial charge in [-0.15, -0.1) is 0 Å². The van der Waals surface area contributed by atoms with E-state index < -0.39 is 0 Å². The fourth-order valence-electron chi connectivity index (χ4n) is 1.76. The third-order valence-corrected chi connectivity index (χ3v) is 2.79. The van der Waals surface area contributed by atoms with Crippen LogP contribution in [0.5, 0.6) is 0 Å². The predicted molar refractivity (Wildman–Crippen MR) is 77.7 cm³/mol. The highest BCUT2D eigenvalue weighted by molar-refractivity contribution is 5.66. The normalized spacial score (nSPS) is 12.2. The molecule has 18 heavy (non-hydrogen) atoms. The number of rotatable bonds is 8. The smallest absolute Gasteiger partial charge is 0.178 e. The van der Waals surface area contributed by atoms with E-state index >= 15 is 0 Å². The van der Waals surface area contributed by atoms with Gasteiger partial charge in [-0.1, -0.05) is 62.6 Å². The molecule has 0 amide bonds. The standard InChI is InChI=1S/C16H23NO/c1-2-3-4-5-6-7-11-14-17(18)15-16-12-9-8-10-13-16/h7-14H,2-6,15H2,1H3/b11-7+,17-14-. The number of hydroxylamine groups is 1. The van der Waals surface area contributed by atoms with Crippen LogP contribution in [0.4, 0.5) is 0 Å². The van der Waals surface area contributed by atoms with Crippen molar-refractivity contribution >= 4 is 6.21 Å². The van der Waals surface area contributed by atoms with E-state index in [2.05, 4.69) is 13.0 Å². The fourth-order valence-corrected chi connectivity index (χ4v) is 1.76. The Morgan fingerprint density at radius 2 is 1.89 bits per heavy atom.